The molecule has 0 aromatic heterocycles. The molecule has 1 saturated carbocycles. The molecule has 18 heavy (non-hydrogen) atoms. The Labute approximate surface area is 109 Å². The van der Waals surface area contributed by atoms with Crippen molar-refractivity contribution in [1.29, 1.82) is 0 Å². The Kier molecular flexibility index (Phi) is 4.23. The normalized spacial score (nSPS) is 15.2. The number of hydrogen-bond acceptors (Lipinski definition) is 2. The van der Waals surface area contributed by atoms with Crippen molar-refractivity contribution in [3.8, 4) is 0 Å². The van der Waals surface area contributed by atoms with Crippen molar-refractivity contribution in [1.82, 2.24) is 5.32 Å². The molecule has 2 rings (SSSR count). The summed E-state index contributed by atoms with van der Waals surface area (Å²) in [5, 5.41) is 3.12. The maximum absolute atomic E-state index is 14.2. The fourth-order valence-corrected chi connectivity index (χ4v) is 2.35. The number of rotatable bonds is 6. The second-order valence-electron chi connectivity index (χ2n) is 5.47. The average molecular weight is 250 g/mol. The first-order valence-corrected chi connectivity index (χ1v) is 6.82. The molecule has 0 radical (unpaired) electrons. The van der Waals surface area contributed by atoms with E-state index >= 15 is 0 Å². The molecule has 1 aromatic rings. The molecule has 0 atom stereocenters. The van der Waals surface area contributed by atoms with Gasteiger partial charge in [0.2, 0.25) is 0 Å². The number of anilines is 1. The predicted octanol–water partition coefficient (Wildman–Crippen LogP) is 3.17. The summed E-state index contributed by atoms with van der Waals surface area (Å²) in [6, 6.07) is 5.70. The van der Waals surface area contributed by atoms with Crippen molar-refractivity contribution in [2.24, 2.45) is 5.92 Å². The summed E-state index contributed by atoms with van der Waals surface area (Å²) in [5.41, 5.74) is 1.83. The summed E-state index contributed by atoms with van der Waals surface area (Å²) in [7, 11) is 1.90. The van der Waals surface area contributed by atoms with Gasteiger partial charge >= 0.3 is 0 Å². The zero-order valence-electron chi connectivity index (χ0n) is 11.5. The van der Waals surface area contributed by atoms with Gasteiger partial charge in [-0.1, -0.05) is 12.1 Å². The smallest absolute Gasteiger partial charge is 0.146 e. The quantitative estimate of drug-likeness (QED) is 0.834. The van der Waals surface area contributed by atoms with E-state index in [-0.39, 0.29) is 5.82 Å². The molecule has 1 aliphatic rings. The lowest BCUT2D eigenvalue weighted by molar-refractivity contribution is 0.582. The molecule has 1 N–H and O–H groups in total. The zero-order valence-corrected chi connectivity index (χ0v) is 11.5. The van der Waals surface area contributed by atoms with Crippen LogP contribution < -0.4 is 10.2 Å². The molecule has 2 nitrogen and oxygen atoms in total. The van der Waals surface area contributed by atoms with Gasteiger partial charge in [-0.15, -0.1) is 0 Å². The van der Waals surface area contributed by atoms with Gasteiger partial charge in [0.05, 0.1) is 5.69 Å². The third-order valence-corrected chi connectivity index (χ3v) is 3.50. The number of nitrogens with one attached hydrogen (secondary N) is 1. The van der Waals surface area contributed by atoms with Gasteiger partial charge in [0.15, 0.2) is 0 Å². The molecule has 0 saturated heterocycles. The van der Waals surface area contributed by atoms with E-state index in [1.807, 2.05) is 13.1 Å². The summed E-state index contributed by atoms with van der Waals surface area (Å²) in [6.45, 7) is 5.96. The molecule has 1 fully saturated rings. The highest BCUT2D eigenvalue weighted by Crippen LogP contribution is 2.34. The van der Waals surface area contributed by atoms with Gasteiger partial charge in [-0.05, 0) is 51.3 Å². The van der Waals surface area contributed by atoms with E-state index in [2.05, 4.69) is 24.1 Å². The molecule has 0 heterocycles. The molecule has 100 valence electrons. The third-order valence-electron chi connectivity index (χ3n) is 3.50. The predicted molar refractivity (Wildman–Crippen MR) is 74.4 cm³/mol. The van der Waals surface area contributed by atoms with Crippen molar-refractivity contribution < 1.29 is 4.39 Å². The minimum Gasteiger partial charge on any atom is -0.366 e. The number of benzene rings is 1. The molecule has 1 aliphatic carbocycles. The Morgan fingerprint density at radius 3 is 2.67 bits per heavy atom. The first-order valence-electron chi connectivity index (χ1n) is 6.82. The largest absolute Gasteiger partial charge is 0.366 e. The van der Waals surface area contributed by atoms with E-state index in [0.29, 0.717) is 12.6 Å². The lowest BCUT2D eigenvalue weighted by Crippen LogP contribution is -2.34. The van der Waals surface area contributed by atoms with E-state index in [9.17, 15) is 4.39 Å². The second kappa shape index (κ2) is 5.70. The van der Waals surface area contributed by atoms with Crippen LogP contribution in [0.1, 0.15) is 32.3 Å². The van der Waals surface area contributed by atoms with Crippen molar-refractivity contribution >= 4 is 5.69 Å². The first kappa shape index (κ1) is 13.3. The molecular weight excluding hydrogens is 227 g/mol. The van der Waals surface area contributed by atoms with Crippen LogP contribution in [0.2, 0.25) is 0 Å². The number of para-hydroxylation sites is 1. The highest BCUT2D eigenvalue weighted by atomic mass is 19.1. The maximum Gasteiger partial charge on any atom is 0.146 e. The summed E-state index contributed by atoms with van der Waals surface area (Å²) >= 11 is 0. The van der Waals surface area contributed by atoms with Gasteiger partial charge < -0.3 is 10.2 Å². The maximum atomic E-state index is 14.2. The Hall–Kier alpha value is -1.09. The van der Waals surface area contributed by atoms with E-state index in [1.54, 1.807) is 12.1 Å². The van der Waals surface area contributed by atoms with E-state index in [1.165, 1.54) is 12.8 Å². The Morgan fingerprint density at radius 2 is 2.11 bits per heavy atom. The van der Waals surface area contributed by atoms with Crippen LogP contribution in [0.5, 0.6) is 0 Å². The van der Waals surface area contributed by atoms with Crippen LogP contribution in [0.15, 0.2) is 18.2 Å². The highest BCUT2D eigenvalue weighted by molar-refractivity contribution is 5.55. The van der Waals surface area contributed by atoms with Crippen molar-refractivity contribution in [2.45, 2.75) is 39.3 Å². The van der Waals surface area contributed by atoms with E-state index < -0.39 is 0 Å². The Morgan fingerprint density at radius 1 is 1.39 bits per heavy atom. The van der Waals surface area contributed by atoms with Crippen LogP contribution in [-0.2, 0) is 6.54 Å². The van der Waals surface area contributed by atoms with Gasteiger partial charge in [-0.2, -0.15) is 0 Å². The third kappa shape index (κ3) is 3.02. The first-order chi connectivity index (χ1) is 8.63. The number of halogens is 1. The van der Waals surface area contributed by atoms with Gasteiger partial charge in [-0.25, -0.2) is 4.39 Å². The summed E-state index contributed by atoms with van der Waals surface area (Å²) in [6.07, 6.45) is 2.58. The second-order valence-corrected chi connectivity index (χ2v) is 5.47. The van der Waals surface area contributed by atoms with Crippen molar-refractivity contribution in [3.63, 3.8) is 0 Å². The molecule has 0 spiro atoms. The minimum atomic E-state index is -0.0999. The standard InChI is InChI=1S/C15H23FN2/c1-11(2)18(10-12-7-8-12)15-13(9-17-3)5-4-6-14(15)16/h4-6,11-12,17H,7-10H2,1-3H3. The summed E-state index contributed by atoms with van der Waals surface area (Å²) in [5.74, 6) is 0.659. The summed E-state index contributed by atoms with van der Waals surface area (Å²) < 4.78 is 14.2. The van der Waals surface area contributed by atoms with Crippen molar-refractivity contribution in [2.75, 3.05) is 18.5 Å². The number of nitrogens with zero attached hydrogens (tertiary/aromatic N) is 1. The van der Waals surface area contributed by atoms with Crippen molar-refractivity contribution in [3.05, 3.63) is 29.6 Å². The molecule has 0 bridgehead atoms. The van der Waals surface area contributed by atoms with Crippen LogP contribution in [0, 0.1) is 11.7 Å². The zero-order chi connectivity index (χ0) is 13.1. The molecule has 0 unspecified atom stereocenters. The highest BCUT2D eigenvalue weighted by Gasteiger charge is 2.27. The lowest BCUT2D eigenvalue weighted by atomic mass is 10.1. The fourth-order valence-electron chi connectivity index (χ4n) is 2.35. The van der Waals surface area contributed by atoms with Crippen LogP contribution in [-0.4, -0.2) is 19.6 Å². The fraction of sp³-hybridized carbons (Fsp3) is 0.600. The molecule has 1 aromatic carbocycles. The Bertz CT molecular complexity index is 399. The van der Waals surface area contributed by atoms with Gasteiger partial charge in [0.25, 0.3) is 0 Å². The van der Waals surface area contributed by atoms with Gasteiger partial charge in [0.1, 0.15) is 5.82 Å². The van der Waals surface area contributed by atoms with E-state index in [4.69, 9.17) is 0 Å². The summed E-state index contributed by atoms with van der Waals surface area (Å²) in [4.78, 5) is 2.22. The average Bonchev–Trinajstić information content (AvgIpc) is 3.11. The molecule has 0 amide bonds. The minimum absolute atomic E-state index is 0.0999. The number of hydrogen-bond donors (Lipinski definition) is 1. The van der Waals surface area contributed by atoms with Crippen LogP contribution in [0.3, 0.4) is 0 Å². The Balaban J connectivity index is 2.31. The molecular formula is C15H23FN2. The van der Waals surface area contributed by atoms with Crippen LogP contribution in [0.4, 0.5) is 10.1 Å². The van der Waals surface area contributed by atoms with Gasteiger partial charge in [-0.3, -0.25) is 0 Å². The molecule has 3 heteroatoms. The topological polar surface area (TPSA) is 15.3 Å². The van der Waals surface area contributed by atoms with Gasteiger partial charge in [0, 0.05) is 19.1 Å². The van der Waals surface area contributed by atoms with Crippen LogP contribution >= 0.6 is 0 Å². The van der Waals surface area contributed by atoms with Crippen LogP contribution in [0.25, 0.3) is 0 Å². The molecule has 0 aliphatic heterocycles. The van der Waals surface area contributed by atoms with E-state index in [0.717, 1.165) is 23.7 Å². The SMILES string of the molecule is CNCc1cccc(F)c1N(CC1CC1)C(C)C. The lowest BCUT2D eigenvalue weighted by Gasteiger charge is -2.31. The monoisotopic (exact) mass is 250 g/mol.